The van der Waals surface area contributed by atoms with E-state index in [1.54, 1.807) is 42.5 Å². The molecule has 4 rings (SSSR count). The molecule has 2 heterocycles. The fourth-order valence-electron chi connectivity index (χ4n) is 3.09. The van der Waals surface area contributed by atoms with Crippen LogP contribution in [-0.4, -0.2) is 32.2 Å². The van der Waals surface area contributed by atoms with Gasteiger partial charge >= 0.3 is 5.97 Å². The van der Waals surface area contributed by atoms with Gasteiger partial charge in [-0.25, -0.2) is 9.78 Å². The predicted octanol–water partition coefficient (Wildman–Crippen LogP) is 4.98. The van der Waals surface area contributed by atoms with Crippen LogP contribution in [0.25, 0.3) is 15.8 Å². The number of β-lactam (4-membered cyclic amide) rings is 1. The number of benzene rings is 2. The molecule has 1 N–H and O–H groups in total. The fourth-order valence-corrected chi connectivity index (χ4v) is 6.86. The summed E-state index contributed by atoms with van der Waals surface area (Å²) in [7, 11) is 2.89. The van der Waals surface area contributed by atoms with Crippen LogP contribution in [0.15, 0.2) is 58.6 Å². The zero-order valence-electron chi connectivity index (χ0n) is 15.7. The van der Waals surface area contributed by atoms with Gasteiger partial charge in [0.1, 0.15) is 11.1 Å². The third-order valence-corrected chi connectivity index (χ3v) is 8.66. The van der Waals surface area contributed by atoms with Crippen LogP contribution in [0.3, 0.4) is 0 Å². The van der Waals surface area contributed by atoms with Gasteiger partial charge in [0.15, 0.2) is 4.34 Å². The summed E-state index contributed by atoms with van der Waals surface area (Å²) in [5, 5.41) is 18.5. The van der Waals surface area contributed by atoms with Crippen molar-refractivity contribution in [1.82, 2.24) is 9.88 Å². The van der Waals surface area contributed by atoms with E-state index in [0.717, 1.165) is 14.6 Å². The first-order valence-corrected chi connectivity index (χ1v) is 12.0. The van der Waals surface area contributed by atoms with E-state index in [1.165, 1.54) is 26.5 Å². The van der Waals surface area contributed by atoms with E-state index in [-0.39, 0.29) is 23.4 Å². The van der Waals surface area contributed by atoms with E-state index in [4.69, 9.17) is 5.26 Å². The summed E-state index contributed by atoms with van der Waals surface area (Å²) in [6.45, 7) is 1.68. The SMILES string of the molecule is C/C(=C(/C(=O)O)N1C(=O)CC1SSc1nc2ccccc2s1)c1ccc(C#N)cc1. The normalized spacial score (nSPS) is 16.7. The Bertz CT molecular complexity index is 1180. The summed E-state index contributed by atoms with van der Waals surface area (Å²) >= 11 is 1.57. The number of aliphatic carboxylic acids is 1. The molecule has 0 radical (unpaired) electrons. The highest BCUT2D eigenvalue weighted by Gasteiger charge is 2.42. The third kappa shape index (κ3) is 3.94. The minimum Gasteiger partial charge on any atom is -0.477 e. The maximum atomic E-state index is 12.3. The quantitative estimate of drug-likeness (QED) is 0.319. The molecule has 3 aromatic rings. The molecule has 1 unspecified atom stereocenters. The molecule has 1 aliphatic heterocycles. The van der Waals surface area contributed by atoms with Gasteiger partial charge in [0, 0.05) is 0 Å². The molecule has 0 saturated carbocycles. The van der Waals surface area contributed by atoms with Crippen molar-refractivity contribution in [3.05, 3.63) is 65.4 Å². The Labute approximate surface area is 184 Å². The monoisotopic (exact) mass is 453 g/mol. The molecule has 0 aliphatic carbocycles. The maximum Gasteiger partial charge on any atom is 0.352 e. The molecule has 1 fully saturated rings. The zero-order valence-corrected chi connectivity index (χ0v) is 18.2. The molecule has 0 bridgehead atoms. The molecule has 1 aromatic heterocycles. The van der Waals surface area contributed by atoms with Crippen LogP contribution in [0.2, 0.25) is 0 Å². The first-order valence-electron chi connectivity index (χ1n) is 8.93. The third-order valence-electron chi connectivity index (χ3n) is 4.66. The highest BCUT2D eigenvalue weighted by molar-refractivity contribution is 8.77. The molecule has 1 atom stereocenters. The van der Waals surface area contributed by atoms with Crippen LogP contribution in [0.5, 0.6) is 0 Å². The molecule has 1 aliphatic rings. The Hall–Kier alpha value is -2.80. The topological polar surface area (TPSA) is 94.3 Å². The van der Waals surface area contributed by atoms with Crippen molar-refractivity contribution in [3.8, 4) is 6.07 Å². The standard InChI is InChI=1S/C21H15N3O3S3/c1-12(14-8-6-13(11-22)7-9-14)19(20(26)27)24-17(25)10-18(24)29-30-21-23-15-4-2-3-5-16(15)28-21/h2-9,18H,10H2,1H3,(H,26,27)/b19-12+. The lowest BCUT2D eigenvalue weighted by molar-refractivity contribution is -0.145. The van der Waals surface area contributed by atoms with Gasteiger partial charge < -0.3 is 5.11 Å². The average molecular weight is 454 g/mol. The van der Waals surface area contributed by atoms with E-state index in [0.29, 0.717) is 16.7 Å². The van der Waals surface area contributed by atoms with Crippen LogP contribution >= 0.6 is 32.9 Å². The Balaban J connectivity index is 1.56. The van der Waals surface area contributed by atoms with Crippen molar-refractivity contribution in [2.45, 2.75) is 23.1 Å². The Morgan fingerprint density at radius 1 is 1.27 bits per heavy atom. The number of nitrogens with zero attached hydrogens (tertiary/aromatic N) is 3. The lowest BCUT2D eigenvalue weighted by Gasteiger charge is -2.40. The summed E-state index contributed by atoms with van der Waals surface area (Å²) in [6.07, 6.45) is 0.278. The van der Waals surface area contributed by atoms with Gasteiger partial charge in [-0.1, -0.05) is 35.1 Å². The first-order chi connectivity index (χ1) is 14.5. The lowest BCUT2D eigenvalue weighted by Crippen LogP contribution is -2.51. The molecule has 2 aromatic carbocycles. The van der Waals surface area contributed by atoms with Crippen LogP contribution in [0.1, 0.15) is 24.5 Å². The smallest absolute Gasteiger partial charge is 0.352 e. The Kier molecular flexibility index (Phi) is 5.81. The van der Waals surface area contributed by atoms with E-state index in [9.17, 15) is 14.7 Å². The average Bonchev–Trinajstić information content (AvgIpc) is 3.17. The number of para-hydroxylation sites is 1. The number of amides is 1. The summed E-state index contributed by atoms with van der Waals surface area (Å²) in [6, 6.07) is 16.5. The van der Waals surface area contributed by atoms with Crippen molar-refractivity contribution in [1.29, 1.82) is 5.26 Å². The van der Waals surface area contributed by atoms with E-state index in [2.05, 4.69) is 4.98 Å². The Morgan fingerprint density at radius 3 is 2.63 bits per heavy atom. The maximum absolute atomic E-state index is 12.3. The van der Waals surface area contributed by atoms with Gasteiger partial charge in [-0.2, -0.15) is 5.26 Å². The molecule has 30 heavy (non-hydrogen) atoms. The second kappa shape index (κ2) is 8.52. The second-order valence-corrected chi connectivity index (χ2v) is 10.2. The van der Waals surface area contributed by atoms with Gasteiger partial charge in [0.2, 0.25) is 5.91 Å². The van der Waals surface area contributed by atoms with Crippen molar-refractivity contribution in [2.75, 3.05) is 0 Å². The Morgan fingerprint density at radius 2 is 2.00 bits per heavy atom. The predicted molar refractivity (Wildman–Crippen MR) is 120 cm³/mol. The number of carboxylic acid groups (broad SMARTS) is 1. The summed E-state index contributed by atoms with van der Waals surface area (Å²) < 4.78 is 1.95. The second-order valence-electron chi connectivity index (χ2n) is 6.52. The summed E-state index contributed by atoms with van der Waals surface area (Å²) in [5.74, 6) is -1.37. The van der Waals surface area contributed by atoms with E-state index >= 15 is 0 Å². The number of carbonyl (C=O) groups is 2. The summed E-state index contributed by atoms with van der Waals surface area (Å²) in [5.41, 5.74) is 2.53. The highest BCUT2D eigenvalue weighted by Crippen LogP contribution is 2.45. The molecule has 1 saturated heterocycles. The summed E-state index contributed by atoms with van der Waals surface area (Å²) in [4.78, 5) is 30.3. The number of carboxylic acids is 1. The minimum absolute atomic E-state index is 0.0293. The molecule has 6 nitrogen and oxygen atoms in total. The molecular weight excluding hydrogens is 438 g/mol. The van der Waals surface area contributed by atoms with Crippen LogP contribution in [-0.2, 0) is 9.59 Å². The van der Waals surface area contributed by atoms with Crippen molar-refractivity contribution < 1.29 is 14.7 Å². The van der Waals surface area contributed by atoms with Gasteiger partial charge in [-0.15, -0.1) is 11.3 Å². The number of fused-ring (bicyclic) bond motifs is 1. The van der Waals surface area contributed by atoms with Crippen LogP contribution < -0.4 is 0 Å². The van der Waals surface area contributed by atoms with Crippen molar-refractivity contribution in [2.24, 2.45) is 0 Å². The number of aromatic nitrogens is 1. The molecule has 150 valence electrons. The largest absolute Gasteiger partial charge is 0.477 e. The van der Waals surface area contributed by atoms with Crippen molar-refractivity contribution in [3.63, 3.8) is 0 Å². The van der Waals surface area contributed by atoms with Crippen LogP contribution in [0.4, 0.5) is 0 Å². The van der Waals surface area contributed by atoms with Gasteiger partial charge in [0.25, 0.3) is 0 Å². The minimum atomic E-state index is -1.15. The number of thiazole rings is 1. The van der Waals surface area contributed by atoms with Gasteiger partial charge in [-0.05, 0) is 53.1 Å². The van der Waals surface area contributed by atoms with E-state index in [1.807, 2.05) is 30.3 Å². The molecular formula is C21H15N3O3S3. The number of nitriles is 1. The molecule has 1 amide bonds. The first kappa shape index (κ1) is 20.5. The molecule has 0 spiro atoms. The van der Waals surface area contributed by atoms with Crippen molar-refractivity contribution >= 4 is 60.6 Å². The number of hydrogen-bond donors (Lipinski definition) is 1. The number of carbonyl (C=O) groups excluding carboxylic acids is 1. The number of hydrogen-bond acceptors (Lipinski definition) is 7. The number of allylic oxidation sites excluding steroid dienone is 1. The van der Waals surface area contributed by atoms with Crippen LogP contribution in [0, 0.1) is 11.3 Å². The van der Waals surface area contributed by atoms with Gasteiger partial charge in [-0.3, -0.25) is 9.69 Å². The zero-order chi connectivity index (χ0) is 21.3. The van der Waals surface area contributed by atoms with E-state index < -0.39 is 5.97 Å². The lowest BCUT2D eigenvalue weighted by atomic mass is 10.0. The number of rotatable bonds is 6. The number of likely N-dealkylation sites (tertiary alicyclic amines) is 1. The fraction of sp³-hybridized carbons (Fsp3) is 0.143. The van der Waals surface area contributed by atoms with Gasteiger partial charge in [0.05, 0.1) is 28.3 Å². The molecule has 9 heteroatoms. The highest BCUT2D eigenvalue weighted by atomic mass is 33.1.